The van der Waals surface area contributed by atoms with Gasteiger partial charge in [-0.2, -0.15) is 0 Å². The van der Waals surface area contributed by atoms with Crippen LogP contribution in [0.2, 0.25) is 0 Å². The van der Waals surface area contributed by atoms with Gasteiger partial charge in [-0.25, -0.2) is 4.99 Å². The molecule has 1 aromatic carbocycles. The van der Waals surface area contributed by atoms with Crippen molar-refractivity contribution in [1.82, 2.24) is 16.0 Å². The molecule has 0 bridgehead atoms. The molecule has 0 saturated carbocycles. The summed E-state index contributed by atoms with van der Waals surface area (Å²) in [5, 5.41) is 11.4. The lowest BCUT2D eigenvalue weighted by molar-refractivity contribution is 0.0963. The van der Waals surface area contributed by atoms with Gasteiger partial charge < -0.3 is 16.0 Å². The Kier molecular flexibility index (Phi) is 7.47. The van der Waals surface area contributed by atoms with E-state index in [9.17, 15) is 4.79 Å². The largest absolute Gasteiger partial charge is 0.357 e. The molecule has 3 N–H and O–H groups in total. The van der Waals surface area contributed by atoms with Gasteiger partial charge in [-0.15, -0.1) is 11.3 Å². The second-order valence-electron chi connectivity index (χ2n) is 5.77. The maximum atomic E-state index is 11.7. The van der Waals surface area contributed by atoms with Gasteiger partial charge in [0.2, 0.25) is 0 Å². The second-order valence-corrected chi connectivity index (χ2v) is 6.75. The van der Waals surface area contributed by atoms with Gasteiger partial charge in [0.25, 0.3) is 5.91 Å². The minimum absolute atomic E-state index is 0.0827. The SMILES string of the molecule is CCNC(=NCc1cccc(C(=O)NC)c1)NCC(C)c1cccs1. The van der Waals surface area contributed by atoms with Gasteiger partial charge in [0.05, 0.1) is 6.54 Å². The minimum atomic E-state index is -0.0827. The van der Waals surface area contributed by atoms with E-state index in [1.165, 1.54) is 4.88 Å². The number of hydrogen-bond donors (Lipinski definition) is 3. The fourth-order valence-electron chi connectivity index (χ4n) is 2.39. The Morgan fingerprint density at radius 3 is 2.76 bits per heavy atom. The third-order valence-electron chi connectivity index (χ3n) is 3.78. The first-order valence-electron chi connectivity index (χ1n) is 8.50. The summed E-state index contributed by atoms with van der Waals surface area (Å²) in [5.41, 5.74) is 1.66. The number of hydrogen-bond acceptors (Lipinski definition) is 3. The van der Waals surface area contributed by atoms with Crippen LogP contribution in [-0.4, -0.2) is 32.0 Å². The molecule has 5 nitrogen and oxygen atoms in total. The van der Waals surface area contributed by atoms with Crippen LogP contribution in [0.15, 0.2) is 46.8 Å². The molecule has 0 aliphatic carbocycles. The molecule has 2 aromatic rings. The summed E-state index contributed by atoms with van der Waals surface area (Å²) in [4.78, 5) is 17.7. The van der Waals surface area contributed by atoms with Crippen LogP contribution in [0.1, 0.15) is 40.6 Å². The van der Waals surface area contributed by atoms with Gasteiger partial charge in [-0.3, -0.25) is 4.79 Å². The monoisotopic (exact) mass is 358 g/mol. The Labute approximate surface area is 153 Å². The topological polar surface area (TPSA) is 65.5 Å². The molecule has 1 heterocycles. The van der Waals surface area contributed by atoms with Gasteiger partial charge >= 0.3 is 0 Å². The molecule has 134 valence electrons. The van der Waals surface area contributed by atoms with Crippen LogP contribution >= 0.6 is 11.3 Å². The van der Waals surface area contributed by atoms with Crippen molar-refractivity contribution in [3.05, 3.63) is 57.8 Å². The van der Waals surface area contributed by atoms with Crippen molar-refractivity contribution in [2.75, 3.05) is 20.1 Å². The lowest BCUT2D eigenvalue weighted by Gasteiger charge is -2.15. The summed E-state index contributed by atoms with van der Waals surface area (Å²) in [6, 6.07) is 11.8. The number of rotatable bonds is 7. The van der Waals surface area contributed by atoms with Gasteiger partial charge in [0, 0.05) is 36.5 Å². The molecule has 0 radical (unpaired) electrons. The summed E-state index contributed by atoms with van der Waals surface area (Å²) in [5.74, 6) is 1.14. The molecule has 1 atom stereocenters. The average Bonchev–Trinajstić information content (AvgIpc) is 3.18. The Balaban J connectivity index is 1.98. The summed E-state index contributed by atoms with van der Waals surface area (Å²) in [6.45, 7) is 6.40. The van der Waals surface area contributed by atoms with Crippen molar-refractivity contribution < 1.29 is 4.79 Å². The van der Waals surface area contributed by atoms with Crippen molar-refractivity contribution in [3.63, 3.8) is 0 Å². The molecule has 0 aliphatic heterocycles. The molecule has 0 aliphatic rings. The van der Waals surface area contributed by atoms with Crippen LogP contribution in [0.4, 0.5) is 0 Å². The molecule has 1 aromatic heterocycles. The molecular weight excluding hydrogens is 332 g/mol. The standard InChI is InChI=1S/C19H26N4OS/c1-4-21-19(22-12-14(2)17-9-6-10-25-17)23-13-15-7-5-8-16(11-15)18(24)20-3/h5-11,14H,4,12-13H2,1-3H3,(H,20,24)(H2,21,22,23). The number of carbonyl (C=O) groups is 1. The number of nitrogens with one attached hydrogen (secondary N) is 3. The van der Waals surface area contributed by atoms with E-state index in [2.05, 4.69) is 45.4 Å². The molecule has 1 amide bonds. The van der Waals surface area contributed by atoms with Gasteiger partial charge in [0.1, 0.15) is 0 Å². The van der Waals surface area contributed by atoms with E-state index >= 15 is 0 Å². The van der Waals surface area contributed by atoms with Crippen LogP contribution in [-0.2, 0) is 6.54 Å². The van der Waals surface area contributed by atoms with Crippen LogP contribution < -0.4 is 16.0 Å². The predicted molar refractivity (Wildman–Crippen MR) is 105 cm³/mol. The zero-order valence-electron chi connectivity index (χ0n) is 15.0. The fourth-order valence-corrected chi connectivity index (χ4v) is 3.18. The molecule has 1 unspecified atom stereocenters. The maximum Gasteiger partial charge on any atom is 0.251 e. The molecule has 6 heteroatoms. The van der Waals surface area contributed by atoms with Crippen LogP contribution in [0.3, 0.4) is 0 Å². The van der Waals surface area contributed by atoms with Crippen molar-refractivity contribution >= 4 is 23.2 Å². The molecule has 0 saturated heterocycles. The Hall–Kier alpha value is -2.34. The summed E-state index contributed by atoms with van der Waals surface area (Å²) >= 11 is 1.77. The van der Waals surface area contributed by atoms with E-state index in [4.69, 9.17) is 0 Å². The summed E-state index contributed by atoms with van der Waals surface area (Å²) in [7, 11) is 1.63. The van der Waals surface area contributed by atoms with Crippen LogP contribution in [0.5, 0.6) is 0 Å². The van der Waals surface area contributed by atoms with E-state index in [1.807, 2.05) is 25.1 Å². The first kappa shape index (κ1) is 19.0. The number of amides is 1. The quantitative estimate of drug-likeness (QED) is 0.527. The number of benzene rings is 1. The van der Waals surface area contributed by atoms with E-state index < -0.39 is 0 Å². The summed E-state index contributed by atoms with van der Waals surface area (Å²) in [6.07, 6.45) is 0. The molecule has 0 fully saturated rings. The highest BCUT2D eigenvalue weighted by atomic mass is 32.1. The second kappa shape index (κ2) is 9.84. The van der Waals surface area contributed by atoms with Crippen molar-refractivity contribution in [2.45, 2.75) is 26.3 Å². The van der Waals surface area contributed by atoms with E-state index in [1.54, 1.807) is 24.5 Å². The van der Waals surface area contributed by atoms with Crippen LogP contribution in [0.25, 0.3) is 0 Å². The highest BCUT2D eigenvalue weighted by molar-refractivity contribution is 7.10. The lowest BCUT2D eigenvalue weighted by Crippen LogP contribution is -2.39. The lowest BCUT2D eigenvalue weighted by atomic mass is 10.1. The van der Waals surface area contributed by atoms with Crippen molar-refractivity contribution in [2.24, 2.45) is 4.99 Å². The Morgan fingerprint density at radius 2 is 2.08 bits per heavy atom. The Morgan fingerprint density at radius 1 is 1.24 bits per heavy atom. The predicted octanol–water partition coefficient (Wildman–Crippen LogP) is 2.97. The van der Waals surface area contributed by atoms with E-state index in [0.29, 0.717) is 18.0 Å². The normalized spacial score (nSPS) is 12.5. The number of carbonyl (C=O) groups excluding carboxylic acids is 1. The van der Waals surface area contributed by atoms with Gasteiger partial charge in [-0.1, -0.05) is 25.1 Å². The highest BCUT2D eigenvalue weighted by Gasteiger charge is 2.08. The highest BCUT2D eigenvalue weighted by Crippen LogP contribution is 2.19. The average molecular weight is 359 g/mol. The van der Waals surface area contributed by atoms with Gasteiger partial charge in [0.15, 0.2) is 5.96 Å². The third-order valence-corrected chi connectivity index (χ3v) is 4.89. The zero-order valence-corrected chi connectivity index (χ0v) is 15.8. The van der Waals surface area contributed by atoms with Gasteiger partial charge in [-0.05, 0) is 36.1 Å². The van der Waals surface area contributed by atoms with Crippen molar-refractivity contribution in [1.29, 1.82) is 0 Å². The maximum absolute atomic E-state index is 11.7. The number of aliphatic imine (C=N–C) groups is 1. The Bertz CT molecular complexity index is 697. The first-order chi connectivity index (χ1) is 12.1. The van der Waals surface area contributed by atoms with E-state index in [-0.39, 0.29) is 5.91 Å². The molecular formula is C19H26N4OS. The number of nitrogens with zero attached hydrogens (tertiary/aromatic N) is 1. The minimum Gasteiger partial charge on any atom is -0.357 e. The fraction of sp³-hybridized carbons (Fsp3) is 0.368. The number of guanidine groups is 1. The number of thiophene rings is 1. The molecule has 0 spiro atoms. The smallest absolute Gasteiger partial charge is 0.251 e. The molecule has 2 rings (SSSR count). The van der Waals surface area contributed by atoms with E-state index in [0.717, 1.165) is 24.6 Å². The molecule has 25 heavy (non-hydrogen) atoms. The summed E-state index contributed by atoms with van der Waals surface area (Å²) < 4.78 is 0. The van der Waals surface area contributed by atoms with Crippen LogP contribution in [0, 0.1) is 0 Å². The third kappa shape index (κ3) is 5.90. The van der Waals surface area contributed by atoms with Crippen molar-refractivity contribution in [3.8, 4) is 0 Å². The zero-order chi connectivity index (χ0) is 18.1. The first-order valence-corrected chi connectivity index (χ1v) is 9.38.